The van der Waals surface area contributed by atoms with Gasteiger partial charge in [-0.15, -0.1) is 5.10 Å². The van der Waals surface area contributed by atoms with Crippen molar-refractivity contribution in [2.24, 2.45) is 0 Å². The molecule has 0 N–H and O–H groups in total. The van der Waals surface area contributed by atoms with Crippen LogP contribution >= 0.6 is 0 Å². The average molecular weight is 395 g/mol. The van der Waals surface area contributed by atoms with E-state index < -0.39 is 9.84 Å². The highest BCUT2D eigenvalue weighted by Crippen LogP contribution is 2.31. The van der Waals surface area contributed by atoms with E-state index >= 15 is 0 Å². The summed E-state index contributed by atoms with van der Waals surface area (Å²) in [4.78, 5) is 14.5. The van der Waals surface area contributed by atoms with Crippen LogP contribution in [-0.4, -0.2) is 63.0 Å². The molecule has 0 spiro atoms. The fourth-order valence-corrected chi connectivity index (χ4v) is 3.44. The first-order valence-electron chi connectivity index (χ1n) is 8.38. The van der Waals surface area contributed by atoms with Gasteiger partial charge in [0, 0.05) is 30.8 Å². The predicted octanol–water partition coefficient (Wildman–Crippen LogP) is 1.51. The third-order valence-electron chi connectivity index (χ3n) is 4.50. The number of carbonyl (C=O) groups excluding carboxylic acids is 1. The first-order valence-corrected chi connectivity index (χ1v) is 10.3. The molecular formula is C17H21N3O6S. The molecule has 1 aliphatic heterocycles. The fraction of sp³-hybridized carbons (Fsp3) is 0.471. The van der Waals surface area contributed by atoms with E-state index in [0.29, 0.717) is 48.9 Å². The number of ether oxygens (including phenoxy) is 2. The largest absolute Gasteiger partial charge is 0.493 e. The van der Waals surface area contributed by atoms with E-state index in [4.69, 9.17) is 13.9 Å². The number of nitrogens with zero attached hydrogens (tertiary/aromatic N) is 3. The molecule has 1 aromatic carbocycles. The lowest BCUT2D eigenvalue weighted by molar-refractivity contribution is 0.0705. The van der Waals surface area contributed by atoms with Crippen LogP contribution in [0.4, 0.5) is 0 Å². The van der Waals surface area contributed by atoms with Crippen LogP contribution in [0.1, 0.15) is 35.0 Å². The Bertz CT molecular complexity index is 932. The maximum Gasteiger partial charge on any atom is 0.335 e. The van der Waals surface area contributed by atoms with E-state index in [9.17, 15) is 13.2 Å². The van der Waals surface area contributed by atoms with Crippen LogP contribution in [0.3, 0.4) is 0 Å². The summed E-state index contributed by atoms with van der Waals surface area (Å²) in [6.45, 7) is 1.02. The van der Waals surface area contributed by atoms with Gasteiger partial charge in [0.2, 0.25) is 15.7 Å². The Morgan fingerprint density at radius 1 is 1.15 bits per heavy atom. The Balaban J connectivity index is 1.67. The molecule has 0 atom stereocenters. The van der Waals surface area contributed by atoms with Crippen LogP contribution in [0.15, 0.2) is 27.8 Å². The van der Waals surface area contributed by atoms with Crippen molar-refractivity contribution in [1.82, 2.24) is 15.1 Å². The van der Waals surface area contributed by atoms with Crippen LogP contribution in [0.5, 0.6) is 11.5 Å². The molecule has 0 bridgehead atoms. The number of rotatable bonds is 5. The highest BCUT2D eigenvalue weighted by atomic mass is 32.2. The quantitative estimate of drug-likeness (QED) is 0.749. The summed E-state index contributed by atoms with van der Waals surface area (Å²) in [7, 11) is -0.461. The molecule has 1 fully saturated rings. The lowest BCUT2D eigenvalue weighted by atomic mass is 9.96. The summed E-state index contributed by atoms with van der Waals surface area (Å²) in [5.41, 5.74) is 0.517. The van der Waals surface area contributed by atoms with E-state index in [0.717, 1.165) is 6.26 Å². The second-order valence-corrected chi connectivity index (χ2v) is 8.21. The van der Waals surface area contributed by atoms with E-state index in [1.165, 1.54) is 14.2 Å². The maximum absolute atomic E-state index is 12.7. The standard InChI is InChI=1S/C17H21N3O6S/c1-24-13-5-4-12(10-14(13)25-2)16(21)20-8-6-11(7-9-20)15-18-19-17(26-15)27(3,22)23/h4-5,10-11H,6-9H2,1-3H3. The van der Waals surface area contributed by atoms with Gasteiger partial charge >= 0.3 is 5.22 Å². The van der Waals surface area contributed by atoms with Gasteiger partial charge in [-0.05, 0) is 31.0 Å². The van der Waals surface area contributed by atoms with E-state index in [1.54, 1.807) is 23.1 Å². The van der Waals surface area contributed by atoms with Crippen LogP contribution in [0, 0.1) is 0 Å². The second-order valence-electron chi connectivity index (χ2n) is 6.31. The molecule has 1 aliphatic rings. The molecule has 1 aromatic heterocycles. The van der Waals surface area contributed by atoms with Gasteiger partial charge in [-0.25, -0.2) is 8.42 Å². The maximum atomic E-state index is 12.7. The Morgan fingerprint density at radius 2 is 1.81 bits per heavy atom. The summed E-state index contributed by atoms with van der Waals surface area (Å²) in [6, 6.07) is 5.06. The number of sulfone groups is 1. The first kappa shape index (κ1) is 19.2. The third-order valence-corrected chi connectivity index (χ3v) is 5.30. The molecule has 2 heterocycles. The second kappa shape index (κ2) is 7.55. The molecular weight excluding hydrogens is 374 g/mol. The van der Waals surface area contributed by atoms with Crippen molar-refractivity contribution in [1.29, 1.82) is 0 Å². The Kier molecular flexibility index (Phi) is 5.36. The molecule has 2 aromatic rings. The zero-order valence-electron chi connectivity index (χ0n) is 15.3. The number of hydrogen-bond acceptors (Lipinski definition) is 8. The molecule has 0 radical (unpaired) electrons. The van der Waals surface area contributed by atoms with Crippen LogP contribution in [0.25, 0.3) is 0 Å². The van der Waals surface area contributed by atoms with Gasteiger partial charge in [0.05, 0.1) is 14.2 Å². The molecule has 0 saturated carbocycles. The number of benzene rings is 1. The minimum absolute atomic E-state index is 0.0672. The number of piperidine rings is 1. The van der Waals surface area contributed by atoms with Crippen molar-refractivity contribution in [2.45, 2.75) is 24.0 Å². The molecule has 1 saturated heterocycles. The number of hydrogen-bond donors (Lipinski definition) is 0. The van der Waals surface area contributed by atoms with Gasteiger partial charge in [-0.3, -0.25) is 4.79 Å². The van der Waals surface area contributed by atoms with Gasteiger partial charge in [0.15, 0.2) is 11.5 Å². The first-order chi connectivity index (χ1) is 12.8. The lowest BCUT2D eigenvalue weighted by Crippen LogP contribution is -2.38. The van der Waals surface area contributed by atoms with Crippen molar-refractivity contribution in [2.75, 3.05) is 33.6 Å². The topological polar surface area (TPSA) is 112 Å². The van der Waals surface area contributed by atoms with Crippen molar-refractivity contribution in [3.05, 3.63) is 29.7 Å². The number of aromatic nitrogens is 2. The molecule has 146 valence electrons. The number of methoxy groups -OCH3 is 2. The Labute approximate surface area is 157 Å². The van der Waals surface area contributed by atoms with E-state index in [2.05, 4.69) is 10.2 Å². The summed E-state index contributed by atoms with van der Waals surface area (Å²) >= 11 is 0. The van der Waals surface area contributed by atoms with Gasteiger partial charge in [-0.2, -0.15) is 0 Å². The van der Waals surface area contributed by atoms with Crippen molar-refractivity contribution < 1.29 is 27.1 Å². The summed E-state index contributed by atoms with van der Waals surface area (Å²) < 4.78 is 38.6. The highest BCUT2D eigenvalue weighted by molar-refractivity contribution is 7.90. The number of carbonyl (C=O) groups is 1. The molecule has 10 heteroatoms. The molecule has 9 nitrogen and oxygen atoms in total. The van der Waals surface area contributed by atoms with Crippen LogP contribution in [0.2, 0.25) is 0 Å². The van der Waals surface area contributed by atoms with Gasteiger partial charge in [0.25, 0.3) is 5.91 Å². The van der Waals surface area contributed by atoms with Crippen molar-refractivity contribution >= 4 is 15.7 Å². The summed E-state index contributed by atoms with van der Waals surface area (Å²) in [6.07, 6.45) is 2.25. The zero-order chi connectivity index (χ0) is 19.6. The predicted molar refractivity (Wildman–Crippen MR) is 94.8 cm³/mol. The molecule has 3 rings (SSSR count). The minimum atomic E-state index is -3.52. The van der Waals surface area contributed by atoms with Crippen LogP contribution < -0.4 is 9.47 Å². The fourth-order valence-electron chi connectivity index (χ4n) is 3.02. The highest BCUT2D eigenvalue weighted by Gasteiger charge is 2.29. The lowest BCUT2D eigenvalue weighted by Gasteiger charge is -2.30. The Hall–Kier alpha value is -2.62. The zero-order valence-corrected chi connectivity index (χ0v) is 16.2. The summed E-state index contributed by atoms with van der Waals surface area (Å²) in [5.74, 6) is 1.19. The molecule has 0 aliphatic carbocycles. The summed E-state index contributed by atoms with van der Waals surface area (Å²) in [5, 5.41) is 7.06. The normalized spacial score (nSPS) is 15.6. The smallest absolute Gasteiger partial charge is 0.335 e. The van der Waals surface area contributed by atoms with Crippen molar-refractivity contribution in [3.8, 4) is 11.5 Å². The average Bonchev–Trinajstić information content (AvgIpc) is 3.17. The van der Waals surface area contributed by atoms with E-state index in [1.807, 2.05) is 0 Å². The molecule has 1 amide bonds. The van der Waals surface area contributed by atoms with Crippen molar-refractivity contribution in [3.63, 3.8) is 0 Å². The number of likely N-dealkylation sites (tertiary alicyclic amines) is 1. The monoisotopic (exact) mass is 395 g/mol. The van der Waals surface area contributed by atoms with E-state index in [-0.39, 0.29) is 17.0 Å². The number of amides is 1. The van der Waals surface area contributed by atoms with Crippen LogP contribution in [-0.2, 0) is 9.84 Å². The minimum Gasteiger partial charge on any atom is -0.493 e. The molecule has 0 unspecified atom stereocenters. The van der Waals surface area contributed by atoms with Gasteiger partial charge in [-0.1, -0.05) is 5.10 Å². The Morgan fingerprint density at radius 3 is 2.37 bits per heavy atom. The SMILES string of the molecule is COc1ccc(C(=O)N2CCC(c3nnc(S(C)(=O)=O)o3)CC2)cc1OC. The molecule has 27 heavy (non-hydrogen) atoms. The van der Waals surface area contributed by atoms with Gasteiger partial charge in [0.1, 0.15) is 0 Å². The van der Waals surface area contributed by atoms with Gasteiger partial charge < -0.3 is 18.8 Å². The third kappa shape index (κ3) is 4.05.